The van der Waals surface area contributed by atoms with E-state index in [9.17, 15) is 0 Å². The molecule has 1 unspecified atom stereocenters. The minimum atomic E-state index is 0.410. The van der Waals surface area contributed by atoms with Crippen LogP contribution in [-0.4, -0.2) is 27.3 Å². The van der Waals surface area contributed by atoms with Gasteiger partial charge >= 0.3 is 0 Å². The topological polar surface area (TPSA) is 30.5 Å². The zero-order valence-corrected chi connectivity index (χ0v) is 11.0. The van der Waals surface area contributed by atoms with Crippen molar-refractivity contribution in [2.24, 2.45) is 0 Å². The quantitative estimate of drug-likeness (QED) is 0.901. The van der Waals surface area contributed by atoms with E-state index in [1.54, 1.807) is 14.2 Å². The number of nitrogens with one attached hydrogen (secondary N) is 1. The van der Waals surface area contributed by atoms with E-state index in [1.165, 1.54) is 6.42 Å². The number of hydrogen-bond acceptors (Lipinski definition) is 3. The third-order valence-electron chi connectivity index (χ3n) is 3.24. The highest BCUT2D eigenvalue weighted by Crippen LogP contribution is 2.42. The van der Waals surface area contributed by atoms with Gasteiger partial charge in [-0.15, -0.1) is 0 Å². The molecule has 1 aliphatic heterocycles. The Hall–Kier alpha value is -0.930. The molecule has 1 aromatic carbocycles. The van der Waals surface area contributed by atoms with E-state index in [0.717, 1.165) is 36.6 Å². The summed E-state index contributed by atoms with van der Waals surface area (Å²) in [4.78, 5) is 0. The molecule has 0 aromatic heterocycles. The van der Waals surface area contributed by atoms with Crippen LogP contribution in [0.2, 0.25) is 5.02 Å². The van der Waals surface area contributed by atoms with Gasteiger partial charge in [-0.3, -0.25) is 0 Å². The second-order valence-corrected chi connectivity index (χ2v) is 4.65. The van der Waals surface area contributed by atoms with Gasteiger partial charge in [0.2, 0.25) is 0 Å². The van der Waals surface area contributed by atoms with Crippen LogP contribution in [0.15, 0.2) is 12.1 Å². The SMILES string of the molecule is COc1ccc(Cl)c(OC)c1C1CCCNC1. The lowest BCUT2D eigenvalue weighted by molar-refractivity contribution is 0.364. The van der Waals surface area contributed by atoms with Crippen LogP contribution in [0.5, 0.6) is 11.5 Å². The molecule has 1 aromatic rings. The summed E-state index contributed by atoms with van der Waals surface area (Å²) in [5.41, 5.74) is 1.09. The fourth-order valence-corrected chi connectivity index (χ4v) is 2.67. The number of ether oxygens (including phenoxy) is 2. The van der Waals surface area contributed by atoms with E-state index < -0.39 is 0 Å². The summed E-state index contributed by atoms with van der Waals surface area (Å²) < 4.78 is 10.9. The highest BCUT2D eigenvalue weighted by Gasteiger charge is 2.24. The summed E-state index contributed by atoms with van der Waals surface area (Å²) in [6.07, 6.45) is 2.31. The van der Waals surface area contributed by atoms with Gasteiger partial charge in [0, 0.05) is 18.0 Å². The van der Waals surface area contributed by atoms with E-state index in [-0.39, 0.29) is 0 Å². The van der Waals surface area contributed by atoms with Crippen LogP contribution >= 0.6 is 11.6 Å². The van der Waals surface area contributed by atoms with Crippen molar-refractivity contribution in [3.8, 4) is 11.5 Å². The standard InChI is InChI=1S/C13H18ClNO2/c1-16-11-6-5-10(14)13(17-2)12(11)9-4-3-7-15-8-9/h5-6,9,15H,3-4,7-8H2,1-2H3. The first-order valence-corrected chi connectivity index (χ1v) is 6.26. The van der Waals surface area contributed by atoms with Crippen LogP contribution in [0.3, 0.4) is 0 Å². The van der Waals surface area contributed by atoms with Gasteiger partial charge in [-0.05, 0) is 31.5 Å². The molecule has 1 atom stereocenters. The molecule has 1 N–H and O–H groups in total. The monoisotopic (exact) mass is 255 g/mol. The smallest absolute Gasteiger partial charge is 0.144 e. The molecule has 1 saturated heterocycles. The van der Waals surface area contributed by atoms with Crippen molar-refractivity contribution in [3.63, 3.8) is 0 Å². The van der Waals surface area contributed by atoms with Crippen molar-refractivity contribution in [3.05, 3.63) is 22.7 Å². The van der Waals surface area contributed by atoms with Gasteiger partial charge in [0.15, 0.2) is 0 Å². The van der Waals surface area contributed by atoms with E-state index >= 15 is 0 Å². The number of hydrogen-bond donors (Lipinski definition) is 1. The lowest BCUT2D eigenvalue weighted by Crippen LogP contribution is -2.28. The summed E-state index contributed by atoms with van der Waals surface area (Å²) in [5, 5.41) is 4.05. The number of benzene rings is 1. The summed E-state index contributed by atoms with van der Waals surface area (Å²) in [6, 6.07) is 3.73. The molecule has 0 bridgehead atoms. The van der Waals surface area contributed by atoms with Gasteiger partial charge in [0.1, 0.15) is 11.5 Å². The Labute approximate surface area is 107 Å². The number of halogens is 1. The minimum absolute atomic E-state index is 0.410. The maximum Gasteiger partial charge on any atom is 0.144 e. The Balaban J connectivity index is 2.43. The molecule has 17 heavy (non-hydrogen) atoms. The molecule has 0 spiro atoms. The van der Waals surface area contributed by atoms with Crippen LogP contribution in [0.1, 0.15) is 24.3 Å². The molecule has 0 aliphatic carbocycles. The van der Waals surface area contributed by atoms with Crippen molar-refractivity contribution in [1.29, 1.82) is 0 Å². The summed E-state index contributed by atoms with van der Waals surface area (Å²) >= 11 is 6.18. The maximum absolute atomic E-state index is 6.18. The average molecular weight is 256 g/mol. The highest BCUT2D eigenvalue weighted by molar-refractivity contribution is 6.32. The first-order chi connectivity index (χ1) is 8.27. The van der Waals surface area contributed by atoms with Crippen LogP contribution in [0, 0.1) is 0 Å². The maximum atomic E-state index is 6.18. The fourth-order valence-electron chi connectivity index (χ4n) is 2.43. The lowest BCUT2D eigenvalue weighted by atomic mass is 9.90. The lowest BCUT2D eigenvalue weighted by Gasteiger charge is -2.26. The Bertz CT molecular complexity index is 389. The Morgan fingerprint density at radius 1 is 1.29 bits per heavy atom. The second kappa shape index (κ2) is 5.61. The third kappa shape index (κ3) is 2.50. The molecular weight excluding hydrogens is 238 g/mol. The first-order valence-electron chi connectivity index (χ1n) is 5.89. The van der Waals surface area contributed by atoms with Crippen LogP contribution in [-0.2, 0) is 0 Å². The Morgan fingerprint density at radius 2 is 2.12 bits per heavy atom. The van der Waals surface area contributed by atoms with Gasteiger partial charge in [0.25, 0.3) is 0 Å². The number of rotatable bonds is 3. The first kappa shape index (κ1) is 12.5. The molecule has 0 amide bonds. The van der Waals surface area contributed by atoms with E-state index in [0.29, 0.717) is 10.9 Å². The predicted molar refractivity (Wildman–Crippen MR) is 69.4 cm³/mol. The Morgan fingerprint density at radius 3 is 2.71 bits per heavy atom. The largest absolute Gasteiger partial charge is 0.496 e. The van der Waals surface area contributed by atoms with E-state index in [1.807, 2.05) is 12.1 Å². The molecule has 1 heterocycles. The normalized spacial score (nSPS) is 20.1. The number of piperidine rings is 1. The fraction of sp³-hybridized carbons (Fsp3) is 0.538. The van der Waals surface area contributed by atoms with Crippen molar-refractivity contribution < 1.29 is 9.47 Å². The highest BCUT2D eigenvalue weighted by atomic mass is 35.5. The van der Waals surface area contributed by atoms with Gasteiger partial charge in [-0.2, -0.15) is 0 Å². The molecule has 1 fully saturated rings. The van der Waals surface area contributed by atoms with E-state index in [2.05, 4.69) is 5.32 Å². The van der Waals surface area contributed by atoms with Crippen LogP contribution < -0.4 is 14.8 Å². The summed E-state index contributed by atoms with van der Waals surface area (Å²) in [7, 11) is 3.34. The van der Waals surface area contributed by atoms with Crippen LogP contribution in [0.25, 0.3) is 0 Å². The molecule has 3 nitrogen and oxygen atoms in total. The molecule has 0 saturated carbocycles. The molecule has 1 aliphatic rings. The van der Waals surface area contributed by atoms with Crippen molar-refractivity contribution in [2.45, 2.75) is 18.8 Å². The van der Waals surface area contributed by atoms with Gasteiger partial charge in [-0.1, -0.05) is 11.6 Å². The van der Waals surface area contributed by atoms with E-state index in [4.69, 9.17) is 21.1 Å². The predicted octanol–water partition coefficient (Wildman–Crippen LogP) is 2.82. The second-order valence-electron chi connectivity index (χ2n) is 4.24. The Kier molecular flexibility index (Phi) is 4.13. The van der Waals surface area contributed by atoms with Crippen LogP contribution in [0.4, 0.5) is 0 Å². The average Bonchev–Trinajstić information content (AvgIpc) is 2.39. The molecular formula is C13H18ClNO2. The third-order valence-corrected chi connectivity index (χ3v) is 3.53. The summed E-state index contributed by atoms with van der Waals surface area (Å²) in [5.74, 6) is 2.02. The zero-order chi connectivity index (χ0) is 12.3. The molecule has 0 radical (unpaired) electrons. The van der Waals surface area contributed by atoms with Crippen molar-refractivity contribution in [1.82, 2.24) is 5.32 Å². The van der Waals surface area contributed by atoms with Gasteiger partial charge < -0.3 is 14.8 Å². The van der Waals surface area contributed by atoms with Crippen molar-refractivity contribution in [2.75, 3.05) is 27.3 Å². The number of methoxy groups -OCH3 is 2. The molecule has 4 heteroatoms. The van der Waals surface area contributed by atoms with Crippen molar-refractivity contribution >= 4 is 11.6 Å². The minimum Gasteiger partial charge on any atom is -0.496 e. The summed E-state index contributed by atoms with van der Waals surface area (Å²) in [6.45, 7) is 2.04. The van der Waals surface area contributed by atoms with Gasteiger partial charge in [-0.25, -0.2) is 0 Å². The zero-order valence-electron chi connectivity index (χ0n) is 10.3. The molecule has 2 rings (SSSR count). The van der Waals surface area contributed by atoms with Gasteiger partial charge in [0.05, 0.1) is 19.2 Å². The molecule has 94 valence electrons.